The molecular formula is C25H52O2S. The van der Waals surface area contributed by atoms with Crippen molar-refractivity contribution >= 4 is 11.8 Å². The fraction of sp³-hybridized carbons (Fsp3) is 1.00. The van der Waals surface area contributed by atoms with E-state index in [1.165, 1.54) is 102 Å². The summed E-state index contributed by atoms with van der Waals surface area (Å²) < 4.78 is 11.6. The highest BCUT2D eigenvalue weighted by Crippen LogP contribution is 2.13. The van der Waals surface area contributed by atoms with Crippen LogP contribution in [0.3, 0.4) is 0 Å². The van der Waals surface area contributed by atoms with Gasteiger partial charge in [0.15, 0.2) is 0 Å². The zero-order valence-corrected chi connectivity index (χ0v) is 20.5. The van der Waals surface area contributed by atoms with E-state index in [-0.39, 0.29) is 0 Å². The first-order valence-corrected chi connectivity index (χ1v) is 13.9. The van der Waals surface area contributed by atoms with Crippen molar-refractivity contribution in [2.75, 3.05) is 31.8 Å². The van der Waals surface area contributed by atoms with Gasteiger partial charge in [-0.1, -0.05) is 97.3 Å². The molecule has 0 spiro atoms. The highest BCUT2D eigenvalue weighted by Gasteiger charge is 2.06. The Balaban J connectivity index is 3.13. The van der Waals surface area contributed by atoms with Crippen LogP contribution in [0.25, 0.3) is 0 Å². The maximum atomic E-state index is 5.84. The zero-order chi connectivity index (χ0) is 20.5. The molecule has 0 heterocycles. The monoisotopic (exact) mass is 416 g/mol. The van der Waals surface area contributed by atoms with E-state index in [9.17, 15) is 0 Å². The van der Waals surface area contributed by atoms with Gasteiger partial charge in [-0.3, -0.25) is 0 Å². The molecule has 0 aromatic carbocycles. The molecular weight excluding hydrogens is 364 g/mol. The summed E-state index contributed by atoms with van der Waals surface area (Å²) in [6.45, 7) is 6.96. The fourth-order valence-electron chi connectivity index (χ4n) is 3.46. The highest BCUT2D eigenvalue weighted by molar-refractivity contribution is 7.98. The van der Waals surface area contributed by atoms with Gasteiger partial charge < -0.3 is 9.47 Å². The summed E-state index contributed by atoms with van der Waals surface area (Å²) in [5.41, 5.74) is 0. The normalized spacial score (nSPS) is 12.5. The molecule has 1 atom stereocenters. The molecule has 1 unspecified atom stereocenters. The quantitative estimate of drug-likeness (QED) is 0.147. The van der Waals surface area contributed by atoms with Crippen LogP contribution in [0.15, 0.2) is 0 Å². The van der Waals surface area contributed by atoms with Crippen LogP contribution in [0.4, 0.5) is 0 Å². The van der Waals surface area contributed by atoms with Gasteiger partial charge in [0, 0.05) is 13.2 Å². The molecule has 0 aliphatic rings. The van der Waals surface area contributed by atoms with Crippen LogP contribution in [-0.4, -0.2) is 37.9 Å². The second-order valence-electron chi connectivity index (χ2n) is 8.27. The van der Waals surface area contributed by atoms with Crippen molar-refractivity contribution in [3.8, 4) is 0 Å². The van der Waals surface area contributed by atoms with Crippen molar-refractivity contribution in [1.29, 1.82) is 0 Å². The molecule has 28 heavy (non-hydrogen) atoms. The second kappa shape index (κ2) is 25.3. The lowest BCUT2D eigenvalue weighted by molar-refractivity contribution is -0.0197. The molecule has 0 aliphatic carbocycles. The van der Waals surface area contributed by atoms with Crippen molar-refractivity contribution in [2.24, 2.45) is 0 Å². The van der Waals surface area contributed by atoms with E-state index in [4.69, 9.17) is 9.47 Å². The summed E-state index contributed by atoms with van der Waals surface area (Å²) in [7, 11) is 0. The van der Waals surface area contributed by atoms with Gasteiger partial charge in [-0.2, -0.15) is 11.8 Å². The number of thioether (sulfide) groups is 1. The third kappa shape index (κ3) is 22.6. The van der Waals surface area contributed by atoms with Gasteiger partial charge in [0.1, 0.15) is 0 Å². The maximum absolute atomic E-state index is 5.84. The first-order valence-electron chi connectivity index (χ1n) is 12.5. The fourth-order valence-corrected chi connectivity index (χ4v) is 3.96. The topological polar surface area (TPSA) is 18.5 Å². The minimum Gasteiger partial charge on any atom is -0.379 e. The van der Waals surface area contributed by atoms with Crippen molar-refractivity contribution in [2.45, 2.75) is 129 Å². The summed E-state index contributed by atoms with van der Waals surface area (Å²) in [4.78, 5) is 0. The first-order chi connectivity index (χ1) is 13.8. The Labute approximate surface area is 182 Å². The van der Waals surface area contributed by atoms with Crippen LogP contribution in [0.1, 0.15) is 123 Å². The number of hydrogen-bond acceptors (Lipinski definition) is 3. The number of rotatable bonds is 24. The molecule has 0 amide bonds. The smallest absolute Gasteiger partial charge is 0.0805 e. The van der Waals surface area contributed by atoms with Gasteiger partial charge >= 0.3 is 0 Å². The Morgan fingerprint density at radius 2 is 1.11 bits per heavy atom. The predicted molar refractivity (Wildman–Crippen MR) is 129 cm³/mol. The van der Waals surface area contributed by atoms with Gasteiger partial charge in [-0.05, 0) is 37.7 Å². The van der Waals surface area contributed by atoms with Crippen LogP contribution in [-0.2, 0) is 9.47 Å². The van der Waals surface area contributed by atoms with Gasteiger partial charge in [0.2, 0.25) is 0 Å². The Morgan fingerprint density at radius 1 is 0.607 bits per heavy atom. The largest absolute Gasteiger partial charge is 0.379 e. The molecule has 0 aliphatic heterocycles. The Hall–Kier alpha value is 0.270. The standard InChI is InChI=1S/C25H52O2S/c1-4-6-22-27-25(5-2)24-26-21-19-17-15-13-11-9-7-8-10-12-14-16-18-20-23-28-3/h25H,4-24H2,1-3H3. The predicted octanol–water partition coefficient (Wildman–Crippen LogP) is 8.42. The summed E-state index contributed by atoms with van der Waals surface area (Å²) in [6, 6.07) is 0. The van der Waals surface area contributed by atoms with Gasteiger partial charge in [-0.15, -0.1) is 0 Å². The summed E-state index contributed by atoms with van der Waals surface area (Å²) in [5.74, 6) is 1.35. The van der Waals surface area contributed by atoms with Crippen molar-refractivity contribution in [3.05, 3.63) is 0 Å². The van der Waals surface area contributed by atoms with E-state index < -0.39 is 0 Å². The van der Waals surface area contributed by atoms with Gasteiger partial charge in [0.25, 0.3) is 0 Å². The molecule has 0 radical (unpaired) electrons. The van der Waals surface area contributed by atoms with Crippen LogP contribution in [0.5, 0.6) is 0 Å². The summed E-state index contributed by atoms with van der Waals surface area (Å²) >= 11 is 1.98. The molecule has 0 aromatic heterocycles. The van der Waals surface area contributed by atoms with Gasteiger partial charge in [-0.25, -0.2) is 0 Å². The molecule has 0 rings (SSSR count). The maximum Gasteiger partial charge on any atom is 0.0805 e. The van der Waals surface area contributed by atoms with Gasteiger partial charge in [0.05, 0.1) is 12.7 Å². The van der Waals surface area contributed by atoms with Crippen LogP contribution in [0.2, 0.25) is 0 Å². The lowest BCUT2D eigenvalue weighted by Crippen LogP contribution is -2.20. The number of hydrogen-bond donors (Lipinski definition) is 0. The van der Waals surface area contributed by atoms with E-state index >= 15 is 0 Å². The Kier molecular flexibility index (Phi) is 25.6. The molecule has 0 saturated carbocycles. The number of unbranched alkanes of at least 4 members (excludes halogenated alkanes) is 14. The summed E-state index contributed by atoms with van der Waals surface area (Å²) in [6.07, 6.45) is 25.7. The second-order valence-corrected chi connectivity index (χ2v) is 9.26. The highest BCUT2D eigenvalue weighted by atomic mass is 32.2. The molecule has 0 aromatic rings. The Morgan fingerprint density at radius 3 is 1.57 bits per heavy atom. The van der Waals surface area contributed by atoms with Crippen molar-refractivity contribution < 1.29 is 9.47 Å². The first kappa shape index (κ1) is 28.3. The van der Waals surface area contributed by atoms with Crippen LogP contribution in [0, 0.1) is 0 Å². The summed E-state index contributed by atoms with van der Waals surface area (Å²) in [5, 5.41) is 0. The Bertz CT molecular complexity index is 273. The molecule has 0 N–H and O–H groups in total. The minimum atomic E-state index is 0.298. The molecule has 0 saturated heterocycles. The third-order valence-electron chi connectivity index (χ3n) is 5.50. The minimum absolute atomic E-state index is 0.298. The van der Waals surface area contributed by atoms with E-state index in [0.717, 1.165) is 32.7 Å². The molecule has 170 valence electrons. The molecule has 0 fully saturated rings. The third-order valence-corrected chi connectivity index (χ3v) is 6.19. The number of ether oxygens (including phenoxy) is 2. The van der Waals surface area contributed by atoms with E-state index in [1.54, 1.807) is 0 Å². The van der Waals surface area contributed by atoms with Crippen molar-refractivity contribution in [1.82, 2.24) is 0 Å². The van der Waals surface area contributed by atoms with Crippen LogP contribution >= 0.6 is 11.8 Å². The van der Waals surface area contributed by atoms with E-state index in [1.807, 2.05) is 11.8 Å². The van der Waals surface area contributed by atoms with E-state index in [2.05, 4.69) is 20.1 Å². The zero-order valence-electron chi connectivity index (χ0n) is 19.7. The van der Waals surface area contributed by atoms with Crippen molar-refractivity contribution in [3.63, 3.8) is 0 Å². The average molecular weight is 417 g/mol. The van der Waals surface area contributed by atoms with E-state index in [0.29, 0.717) is 6.10 Å². The average Bonchev–Trinajstić information content (AvgIpc) is 2.71. The molecule has 0 bridgehead atoms. The SMILES string of the molecule is CCCCOC(CC)COCCCCCCCCCCCCCCCCSC. The molecule has 3 heteroatoms. The lowest BCUT2D eigenvalue weighted by Gasteiger charge is -2.16. The molecule has 2 nitrogen and oxygen atoms in total. The lowest BCUT2D eigenvalue weighted by atomic mass is 10.0. The van der Waals surface area contributed by atoms with Crippen LogP contribution < -0.4 is 0 Å².